The van der Waals surface area contributed by atoms with Crippen LogP contribution in [0.5, 0.6) is 0 Å². The molecule has 0 amide bonds. The molecule has 0 bridgehead atoms. The van der Waals surface area contributed by atoms with Crippen LogP contribution in [-0.4, -0.2) is 28.8 Å². The van der Waals surface area contributed by atoms with Gasteiger partial charge in [0.05, 0.1) is 23.8 Å². The Morgan fingerprint density at radius 2 is 2.24 bits per heavy atom. The predicted molar refractivity (Wildman–Crippen MR) is 65.1 cm³/mol. The Balaban J connectivity index is 2.31. The first-order chi connectivity index (χ1) is 8.20. The molecule has 0 aliphatic carbocycles. The van der Waals surface area contributed by atoms with Gasteiger partial charge in [-0.15, -0.1) is 0 Å². The van der Waals surface area contributed by atoms with Crippen LogP contribution in [0, 0.1) is 0 Å². The number of hydrogen-bond donors (Lipinski definition) is 1. The lowest BCUT2D eigenvalue weighted by Crippen LogP contribution is -2.10. The summed E-state index contributed by atoms with van der Waals surface area (Å²) >= 11 is 1.14. The van der Waals surface area contributed by atoms with Gasteiger partial charge in [-0.05, 0) is 12.1 Å². The molecule has 1 N–H and O–H groups in total. The number of para-hydroxylation sites is 1. The fraction of sp³-hybridized carbons (Fsp3) is 0.182. The number of hydrogen-bond acceptors (Lipinski definition) is 5. The maximum atomic E-state index is 11.7. The molecule has 0 atom stereocenters. The van der Waals surface area contributed by atoms with E-state index in [2.05, 4.69) is 14.7 Å². The minimum absolute atomic E-state index is 0.123. The van der Waals surface area contributed by atoms with Crippen LogP contribution in [0.2, 0.25) is 0 Å². The summed E-state index contributed by atoms with van der Waals surface area (Å²) in [5.41, 5.74) is 0.409. The smallest absolute Gasteiger partial charge is 0.316 e. The number of nitrogens with one attached hydrogen (secondary N) is 1. The molecule has 0 radical (unpaired) electrons. The summed E-state index contributed by atoms with van der Waals surface area (Å²) in [5, 5.41) is 0.953. The number of esters is 1. The van der Waals surface area contributed by atoms with E-state index in [9.17, 15) is 9.59 Å². The van der Waals surface area contributed by atoms with E-state index in [0.29, 0.717) is 16.1 Å². The number of benzene rings is 1. The van der Waals surface area contributed by atoms with E-state index in [4.69, 9.17) is 0 Å². The fourth-order valence-corrected chi connectivity index (χ4v) is 2.02. The van der Waals surface area contributed by atoms with Gasteiger partial charge in [-0.3, -0.25) is 9.59 Å². The molecular formula is C11H10N2O3S. The van der Waals surface area contributed by atoms with Crippen molar-refractivity contribution in [2.24, 2.45) is 0 Å². The van der Waals surface area contributed by atoms with Crippen LogP contribution in [0.25, 0.3) is 10.9 Å². The van der Waals surface area contributed by atoms with E-state index in [1.54, 1.807) is 18.2 Å². The third kappa shape index (κ3) is 2.65. The molecule has 5 nitrogen and oxygen atoms in total. The second-order valence-electron chi connectivity index (χ2n) is 3.25. The van der Waals surface area contributed by atoms with Gasteiger partial charge >= 0.3 is 5.97 Å². The largest absolute Gasteiger partial charge is 0.468 e. The van der Waals surface area contributed by atoms with Crippen LogP contribution in [0.4, 0.5) is 0 Å². The Bertz CT molecular complexity index is 609. The third-order valence-electron chi connectivity index (χ3n) is 2.15. The average molecular weight is 250 g/mol. The molecule has 6 heteroatoms. The van der Waals surface area contributed by atoms with E-state index in [1.807, 2.05) is 6.07 Å². The van der Waals surface area contributed by atoms with Crippen LogP contribution in [0.1, 0.15) is 0 Å². The van der Waals surface area contributed by atoms with Crippen molar-refractivity contribution in [3.63, 3.8) is 0 Å². The van der Waals surface area contributed by atoms with Crippen molar-refractivity contribution in [3.8, 4) is 0 Å². The molecule has 0 spiro atoms. The number of thioether (sulfide) groups is 1. The number of H-pyrrole nitrogens is 1. The molecule has 2 rings (SSSR count). The number of fused-ring (bicyclic) bond motifs is 1. The number of aromatic amines is 1. The van der Waals surface area contributed by atoms with E-state index < -0.39 is 0 Å². The van der Waals surface area contributed by atoms with Crippen LogP contribution < -0.4 is 5.56 Å². The normalized spacial score (nSPS) is 10.4. The summed E-state index contributed by atoms with van der Waals surface area (Å²) in [6.07, 6.45) is 0. The zero-order chi connectivity index (χ0) is 12.3. The SMILES string of the molecule is COC(=O)CSc1nc2ccccc2c(=O)[nH]1. The van der Waals surface area contributed by atoms with Crippen molar-refractivity contribution in [2.75, 3.05) is 12.9 Å². The number of ether oxygens (including phenoxy) is 1. The second kappa shape index (κ2) is 5.01. The summed E-state index contributed by atoms with van der Waals surface area (Å²) in [6, 6.07) is 7.05. The molecule has 17 heavy (non-hydrogen) atoms. The first-order valence-electron chi connectivity index (χ1n) is 4.89. The summed E-state index contributed by atoms with van der Waals surface area (Å²) in [6.45, 7) is 0. The van der Waals surface area contributed by atoms with Gasteiger partial charge < -0.3 is 9.72 Å². The van der Waals surface area contributed by atoms with Gasteiger partial charge in [0.2, 0.25) is 0 Å². The molecule has 0 unspecified atom stereocenters. The summed E-state index contributed by atoms with van der Waals surface area (Å²) in [7, 11) is 1.32. The Morgan fingerprint density at radius 3 is 3.00 bits per heavy atom. The van der Waals surface area contributed by atoms with Gasteiger partial charge in [0.15, 0.2) is 5.16 Å². The maximum Gasteiger partial charge on any atom is 0.316 e. The molecule has 2 aromatic rings. The van der Waals surface area contributed by atoms with Crippen LogP contribution in [0.3, 0.4) is 0 Å². The molecule has 0 saturated heterocycles. The van der Waals surface area contributed by atoms with Gasteiger partial charge in [0, 0.05) is 0 Å². The molecular weight excluding hydrogens is 240 g/mol. The number of rotatable bonds is 3. The van der Waals surface area contributed by atoms with Crippen LogP contribution in [-0.2, 0) is 9.53 Å². The Morgan fingerprint density at radius 1 is 1.47 bits per heavy atom. The van der Waals surface area contributed by atoms with E-state index in [0.717, 1.165) is 11.8 Å². The van der Waals surface area contributed by atoms with Crippen molar-refractivity contribution in [3.05, 3.63) is 34.6 Å². The minimum Gasteiger partial charge on any atom is -0.468 e. The summed E-state index contributed by atoms with van der Waals surface area (Å²) in [4.78, 5) is 29.5. The van der Waals surface area contributed by atoms with E-state index in [-0.39, 0.29) is 17.3 Å². The molecule has 88 valence electrons. The minimum atomic E-state index is -0.356. The highest BCUT2D eigenvalue weighted by atomic mass is 32.2. The first kappa shape index (κ1) is 11.7. The average Bonchev–Trinajstić information content (AvgIpc) is 2.36. The number of carbonyl (C=O) groups excluding carboxylic acids is 1. The van der Waals surface area contributed by atoms with Gasteiger partial charge in [-0.2, -0.15) is 0 Å². The van der Waals surface area contributed by atoms with E-state index in [1.165, 1.54) is 7.11 Å². The highest BCUT2D eigenvalue weighted by Crippen LogP contribution is 2.14. The zero-order valence-electron chi connectivity index (χ0n) is 9.10. The standard InChI is InChI=1S/C11H10N2O3S/c1-16-9(14)6-17-11-12-8-5-3-2-4-7(8)10(15)13-11/h2-5H,6H2,1H3,(H,12,13,15). The second-order valence-corrected chi connectivity index (χ2v) is 4.22. The quantitative estimate of drug-likeness (QED) is 0.503. The molecule has 1 heterocycles. The van der Waals surface area contributed by atoms with Crippen molar-refractivity contribution in [1.29, 1.82) is 0 Å². The Kier molecular flexibility index (Phi) is 3.43. The monoisotopic (exact) mass is 250 g/mol. The Labute approximate surface area is 101 Å². The van der Waals surface area contributed by atoms with Crippen molar-refractivity contribution < 1.29 is 9.53 Å². The molecule has 0 aliphatic rings. The zero-order valence-corrected chi connectivity index (χ0v) is 9.91. The van der Waals surface area contributed by atoms with Gasteiger partial charge in [-0.25, -0.2) is 4.98 Å². The number of nitrogens with zero attached hydrogens (tertiary/aromatic N) is 1. The lowest BCUT2D eigenvalue weighted by atomic mass is 10.2. The van der Waals surface area contributed by atoms with Gasteiger partial charge in [-0.1, -0.05) is 23.9 Å². The highest BCUT2D eigenvalue weighted by molar-refractivity contribution is 7.99. The number of methoxy groups -OCH3 is 1. The van der Waals surface area contributed by atoms with Crippen LogP contribution >= 0.6 is 11.8 Å². The molecule has 0 aliphatic heterocycles. The van der Waals surface area contributed by atoms with E-state index >= 15 is 0 Å². The third-order valence-corrected chi connectivity index (χ3v) is 2.99. The molecule has 0 saturated carbocycles. The Hall–Kier alpha value is -1.82. The summed E-state index contributed by atoms with van der Waals surface area (Å²) < 4.78 is 4.51. The number of aromatic nitrogens is 2. The lowest BCUT2D eigenvalue weighted by molar-refractivity contribution is -0.137. The molecule has 0 fully saturated rings. The van der Waals surface area contributed by atoms with Crippen molar-refractivity contribution >= 4 is 28.6 Å². The van der Waals surface area contributed by atoms with Gasteiger partial charge in [0.1, 0.15) is 0 Å². The molecule has 1 aromatic carbocycles. The van der Waals surface area contributed by atoms with Crippen molar-refractivity contribution in [2.45, 2.75) is 5.16 Å². The van der Waals surface area contributed by atoms with Crippen molar-refractivity contribution in [1.82, 2.24) is 9.97 Å². The van der Waals surface area contributed by atoms with Crippen LogP contribution in [0.15, 0.2) is 34.2 Å². The lowest BCUT2D eigenvalue weighted by Gasteiger charge is -2.01. The summed E-state index contributed by atoms with van der Waals surface area (Å²) in [5.74, 6) is -0.233. The topological polar surface area (TPSA) is 72.0 Å². The highest BCUT2D eigenvalue weighted by Gasteiger charge is 2.06. The predicted octanol–water partition coefficient (Wildman–Crippen LogP) is 1.19. The maximum absolute atomic E-state index is 11.7. The van der Waals surface area contributed by atoms with Gasteiger partial charge in [0.25, 0.3) is 5.56 Å². The fourth-order valence-electron chi connectivity index (χ4n) is 1.32. The molecule has 1 aromatic heterocycles. The first-order valence-corrected chi connectivity index (χ1v) is 5.88. The number of carbonyl (C=O) groups is 1.